The summed E-state index contributed by atoms with van der Waals surface area (Å²) in [6.07, 6.45) is 3.34. The van der Waals surface area contributed by atoms with E-state index in [4.69, 9.17) is 9.47 Å². The second-order valence-corrected chi connectivity index (χ2v) is 10.8. The molecular weight excluding hydrogens is 469 g/mol. The molecule has 196 valence electrons. The monoisotopic (exact) mass is 503 g/mol. The van der Waals surface area contributed by atoms with E-state index >= 15 is 4.39 Å². The molecule has 9 nitrogen and oxygen atoms in total. The largest absolute Gasteiger partial charge is 0.492 e. The molecule has 1 saturated heterocycles. The lowest BCUT2D eigenvalue weighted by molar-refractivity contribution is 0.0192. The van der Waals surface area contributed by atoms with Crippen molar-refractivity contribution in [3.05, 3.63) is 33.9 Å². The summed E-state index contributed by atoms with van der Waals surface area (Å²) in [7, 11) is 3.13. The number of benzene rings is 1. The third kappa shape index (κ3) is 4.73. The molecule has 2 atom stereocenters. The number of methoxy groups -OCH3 is 1. The molecule has 1 aromatic heterocycles. The number of rotatable bonds is 6. The van der Waals surface area contributed by atoms with Crippen molar-refractivity contribution in [2.24, 2.45) is 5.92 Å². The van der Waals surface area contributed by atoms with E-state index in [1.165, 1.54) is 13.3 Å². The van der Waals surface area contributed by atoms with Gasteiger partial charge in [-0.25, -0.2) is 14.0 Å². The van der Waals surface area contributed by atoms with Gasteiger partial charge in [-0.3, -0.25) is 4.79 Å². The fraction of sp³-hybridized carbons (Fsp3) is 0.577. The van der Waals surface area contributed by atoms with Gasteiger partial charge in [-0.2, -0.15) is 0 Å². The highest BCUT2D eigenvalue weighted by atomic mass is 19.1. The zero-order valence-electron chi connectivity index (χ0n) is 21.6. The maximum absolute atomic E-state index is 15.6. The first-order valence-electron chi connectivity index (χ1n) is 12.2. The van der Waals surface area contributed by atoms with Crippen molar-refractivity contribution >= 4 is 28.7 Å². The molecule has 2 aromatic rings. The van der Waals surface area contributed by atoms with Crippen LogP contribution in [0.3, 0.4) is 0 Å². The van der Waals surface area contributed by atoms with Crippen LogP contribution in [0, 0.1) is 11.7 Å². The van der Waals surface area contributed by atoms with E-state index in [2.05, 4.69) is 0 Å². The average molecular weight is 504 g/mol. The Balaban J connectivity index is 1.70. The van der Waals surface area contributed by atoms with Gasteiger partial charge in [0.15, 0.2) is 11.6 Å². The van der Waals surface area contributed by atoms with Crippen molar-refractivity contribution in [3.8, 4) is 5.75 Å². The summed E-state index contributed by atoms with van der Waals surface area (Å²) in [5, 5.41) is 9.51. The molecule has 0 spiro atoms. The topological polar surface area (TPSA) is 101 Å². The smallest absolute Gasteiger partial charge is 0.410 e. The van der Waals surface area contributed by atoms with Gasteiger partial charge in [0.1, 0.15) is 16.9 Å². The Kier molecular flexibility index (Phi) is 6.66. The standard InChI is InChI=1S/C26H34FN3O6/c1-14(28(5)25(34)36-26(2,3)4)15-9-10-29(12-15)21-19(27)11-17-20(23(21)35-6)30(16-7-8-16)13-18(22(17)31)24(32)33/h11,13-16H,7-10,12H2,1-6H3,(H,32,33)/t14-,15+/m0/s1. The van der Waals surface area contributed by atoms with E-state index in [1.807, 2.05) is 32.6 Å². The third-order valence-electron chi connectivity index (χ3n) is 7.09. The van der Waals surface area contributed by atoms with Gasteiger partial charge in [0.05, 0.1) is 18.0 Å². The number of hydrogen-bond donors (Lipinski definition) is 1. The van der Waals surface area contributed by atoms with Crippen LogP contribution in [-0.4, -0.2) is 65.5 Å². The van der Waals surface area contributed by atoms with Crippen molar-refractivity contribution in [3.63, 3.8) is 0 Å². The van der Waals surface area contributed by atoms with Crippen molar-refractivity contribution in [1.82, 2.24) is 9.47 Å². The summed E-state index contributed by atoms with van der Waals surface area (Å²) in [5.41, 5.74) is -1.06. The van der Waals surface area contributed by atoms with Gasteiger partial charge < -0.3 is 28.9 Å². The first-order valence-corrected chi connectivity index (χ1v) is 12.2. The van der Waals surface area contributed by atoms with Crippen molar-refractivity contribution < 1.29 is 28.6 Å². The molecule has 1 aliphatic carbocycles. The zero-order chi connectivity index (χ0) is 26.5. The molecule has 2 heterocycles. The van der Waals surface area contributed by atoms with E-state index in [9.17, 15) is 19.5 Å². The number of pyridine rings is 1. The fourth-order valence-corrected chi connectivity index (χ4v) is 4.92. The van der Waals surface area contributed by atoms with Crippen LogP contribution in [0.5, 0.6) is 5.75 Å². The summed E-state index contributed by atoms with van der Waals surface area (Å²) in [6.45, 7) is 8.41. The molecule has 0 radical (unpaired) electrons. The number of amides is 1. The van der Waals surface area contributed by atoms with E-state index in [0.717, 1.165) is 25.3 Å². The van der Waals surface area contributed by atoms with Crippen molar-refractivity contribution in [2.75, 3.05) is 32.1 Å². The molecule has 10 heteroatoms. The minimum absolute atomic E-state index is 0.00586. The number of carboxylic acid groups (broad SMARTS) is 1. The van der Waals surface area contributed by atoms with E-state index in [-0.39, 0.29) is 40.4 Å². The van der Waals surface area contributed by atoms with Gasteiger partial charge in [0.2, 0.25) is 5.43 Å². The predicted octanol–water partition coefficient (Wildman–Crippen LogP) is 4.26. The number of ether oxygens (including phenoxy) is 2. The van der Waals surface area contributed by atoms with Crippen LogP contribution in [0.2, 0.25) is 0 Å². The number of aromatic nitrogens is 1. The van der Waals surface area contributed by atoms with Crippen LogP contribution in [-0.2, 0) is 4.74 Å². The lowest BCUT2D eigenvalue weighted by Gasteiger charge is -2.32. The Hall–Kier alpha value is -3.30. The van der Waals surface area contributed by atoms with Crippen LogP contribution in [0.1, 0.15) is 63.4 Å². The minimum Gasteiger partial charge on any atom is -0.492 e. The molecule has 36 heavy (non-hydrogen) atoms. The number of anilines is 1. The van der Waals surface area contributed by atoms with Crippen LogP contribution < -0.4 is 15.1 Å². The van der Waals surface area contributed by atoms with Gasteiger partial charge in [0.25, 0.3) is 0 Å². The van der Waals surface area contributed by atoms with Gasteiger partial charge in [-0.15, -0.1) is 0 Å². The second kappa shape index (κ2) is 9.29. The summed E-state index contributed by atoms with van der Waals surface area (Å²) in [4.78, 5) is 40.6. The number of fused-ring (bicyclic) bond motifs is 1. The third-order valence-corrected chi connectivity index (χ3v) is 7.09. The van der Waals surface area contributed by atoms with E-state index in [0.29, 0.717) is 18.6 Å². The second-order valence-electron chi connectivity index (χ2n) is 10.8. The normalized spacial score (nSPS) is 18.9. The molecule has 1 N–H and O–H groups in total. The number of nitrogens with zero attached hydrogens (tertiary/aromatic N) is 3. The molecule has 0 unspecified atom stereocenters. The number of hydrogen-bond acceptors (Lipinski definition) is 6. The van der Waals surface area contributed by atoms with Crippen LogP contribution in [0.15, 0.2) is 17.1 Å². The number of carboxylic acids is 1. The van der Waals surface area contributed by atoms with Crippen LogP contribution in [0.4, 0.5) is 14.9 Å². The number of halogens is 1. The summed E-state index contributed by atoms with van der Waals surface area (Å²) >= 11 is 0. The number of carbonyl (C=O) groups excluding carboxylic acids is 1. The van der Waals surface area contributed by atoms with E-state index < -0.39 is 28.9 Å². The molecular formula is C26H34FN3O6. The highest BCUT2D eigenvalue weighted by molar-refractivity contribution is 5.97. The summed E-state index contributed by atoms with van der Waals surface area (Å²) < 4.78 is 28.5. The van der Waals surface area contributed by atoms with Crippen LogP contribution in [0.25, 0.3) is 10.9 Å². The predicted molar refractivity (Wildman–Crippen MR) is 134 cm³/mol. The Morgan fingerprint density at radius 2 is 1.92 bits per heavy atom. The number of aromatic carboxylic acids is 1. The maximum Gasteiger partial charge on any atom is 0.410 e. The molecule has 2 aliphatic rings. The van der Waals surface area contributed by atoms with Gasteiger partial charge >= 0.3 is 12.1 Å². The molecule has 0 bridgehead atoms. The fourth-order valence-electron chi connectivity index (χ4n) is 4.92. The SMILES string of the molecule is COc1c(N2CC[C@@H]([C@H](C)N(C)C(=O)OC(C)(C)C)C2)c(F)cc2c(=O)c(C(=O)O)cn(C3CC3)c12. The van der Waals surface area contributed by atoms with E-state index in [1.54, 1.807) is 16.5 Å². The highest BCUT2D eigenvalue weighted by Gasteiger charge is 2.36. The molecule has 4 rings (SSSR count). The van der Waals surface area contributed by atoms with Crippen LogP contribution >= 0.6 is 0 Å². The quantitative estimate of drug-likeness (QED) is 0.628. The van der Waals surface area contributed by atoms with Crippen molar-refractivity contribution in [2.45, 2.75) is 64.6 Å². The average Bonchev–Trinajstić information content (AvgIpc) is 3.52. The Labute approximate surface area is 209 Å². The Morgan fingerprint density at radius 1 is 1.25 bits per heavy atom. The summed E-state index contributed by atoms with van der Waals surface area (Å²) in [5.74, 6) is -1.71. The lowest BCUT2D eigenvalue weighted by Crippen LogP contribution is -2.43. The Bertz CT molecular complexity index is 1260. The lowest BCUT2D eigenvalue weighted by atomic mass is 9.99. The molecule has 2 fully saturated rings. The molecule has 1 aromatic carbocycles. The van der Waals surface area contributed by atoms with Crippen molar-refractivity contribution in [1.29, 1.82) is 0 Å². The highest BCUT2D eigenvalue weighted by Crippen LogP contribution is 2.44. The first-order chi connectivity index (χ1) is 16.8. The zero-order valence-corrected chi connectivity index (χ0v) is 21.6. The molecule has 1 saturated carbocycles. The minimum atomic E-state index is -1.34. The number of carbonyl (C=O) groups is 2. The molecule has 1 amide bonds. The van der Waals surface area contributed by atoms with Gasteiger partial charge in [-0.1, -0.05) is 0 Å². The van der Waals surface area contributed by atoms with Gasteiger partial charge in [-0.05, 0) is 58.9 Å². The summed E-state index contributed by atoms with van der Waals surface area (Å²) in [6, 6.07) is 1.01. The van der Waals surface area contributed by atoms with Gasteiger partial charge in [0, 0.05) is 38.4 Å². The first kappa shape index (κ1) is 25.8. The Morgan fingerprint density at radius 3 is 2.47 bits per heavy atom. The molecule has 1 aliphatic heterocycles. The maximum atomic E-state index is 15.6.